The maximum atomic E-state index is 5.46. The van der Waals surface area contributed by atoms with E-state index in [4.69, 9.17) is 14.2 Å². The van der Waals surface area contributed by atoms with Crippen molar-refractivity contribution in [2.75, 3.05) is 34.4 Å². The van der Waals surface area contributed by atoms with Crippen molar-refractivity contribution in [3.05, 3.63) is 36.2 Å². The van der Waals surface area contributed by atoms with E-state index in [0.29, 0.717) is 23.8 Å². The van der Waals surface area contributed by atoms with Crippen molar-refractivity contribution in [3.63, 3.8) is 0 Å². The second-order valence-corrected chi connectivity index (χ2v) is 5.76. The minimum Gasteiger partial charge on any atom is -0.496 e. The summed E-state index contributed by atoms with van der Waals surface area (Å²) in [6.45, 7) is 4.95. The normalized spacial score (nSPS) is 10.8. The van der Waals surface area contributed by atoms with E-state index in [-0.39, 0.29) is 24.0 Å². The molecule has 1 heterocycles. The minimum absolute atomic E-state index is 0. The van der Waals surface area contributed by atoms with E-state index in [1.807, 2.05) is 36.0 Å². The molecule has 0 radical (unpaired) electrons. The highest BCUT2D eigenvalue weighted by molar-refractivity contribution is 14.0. The first-order chi connectivity index (χ1) is 13.2. The third kappa shape index (κ3) is 7.10. The Hall–Kier alpha value is -2.17. The summed E-state index contributed by atoms with van der Waals surface area (Å²) in [5.41, 5.74) is 0.920. The Bertz CT molecular complexity index is 723. The molecule has 0 atom stereocenters. The van der Waals surface area contributed by atoms with Crippen LogP contribution >= 0.6 is 24.0 Å². The van der Waals surface area contributed by atoms with Crippen molar-refractivity contribution in [2.24, 2.45) is 4.99 Å². The van der Waals surface area contributed by atoms with Gasteiger partial charge in [-0.2, -0.15) is 5.10 Å². The first-order valence-corrected chi connectivity index (χ1v) is 9.00. The van der Waals surface area contributed by atoms with E-state index in [1.54, 1.807) is 27.5 Å². The lowest BCUT2D eigenvalue weighted by atomic mass is 10.1. The average Bonchev–Trinajstić information content (AvgIpc) is 3.22. The molecule has 8 nitrogen and oxygen atoms in total. The number of benzene rings is 1. The number of aromatic nitrogens is 2. The molecule has 0 fully saturated rings. The van der Waals surface area contributed by atoms with Gasteiger partial charge in [0.25, 0.3) is 0 Å². The fourth-order valence-electron chi connectivity index (χ4n) is 2.60. The van der Waals surface area contributed by atoms with E-state index in [0.717, 1.165) is 37.6 Å². The van der Waals surface area contributed by atoms with Crippen molar-refractivity contribution in [3.8, 4) is 17.2 Å². The highest BCUT2D eigenvalue weighted by Crippen LogP contribution is 2.34. The molecular weight excluding hydrogens is 473 g/mol. The number of aliphatic imine (C=N–C) groups is 1. The smallest absolute Gasteiger partial charge is 0.191 e. The number of halogens is 1. The van der Waals surface area contributed by atoms with Crippen LogP contribution in [0.25, 0.3) is 0 Å². The molecule has 2 N–H and O–H groups in total. The summed E-state index contributed by atoms with van der Waals surface area (Å²) in [7, 11) is 4.85. The van der Waals surface area contributed by atoms with Gasteiger partial charge in [-0.1, -0.05) is 0 Å². The van der Waals surface area contributed by atoms with E-state index in [9.17, 15) is 0 Å². The summed E-state index contributed by atoms with van der Waals surface area (Å²) in [5, 5.41) is 10.8. The van der Waals surface area contributed by atoms with Crippen LogP contribution in [0.2, 0.25) is 0 Å². The third-order valence-corrected chi connectivity index (χ3v) is 3.95. The van der Waals surface area contributed by atoms with E-state index < -0.39 is 0 Å². The molecular formula is C19H30IN5O3. The Morgan fingerprint density at radius 1 is 1.07 bits per heavy atom. The van der Waals surface area contributed by atoms with Gasteiger partial charge < -0.3 is 24.8 Å². The summed E-state index contributed by atoms with van der Waals surface area (Å²) in [5.74, 6) is 2.76. The molecule has 9 heteroatoms. The van der Waals surface area contributed by atoms with E-state index in [2.05, 4.69) is 20.7 Å². The van der Waals surface area contributed by atoms with Gasteiger partial charge in [0, 0.05) is 43.7 Å². The van der Waals surface area contributed by atoms with Crippen LogP contribution in [-0.2, 0) is 13.1 Å². The Kier molecular flexibility index (Phi) is 11.2. The van der Waals surface area contributed by atoms with Gasteiger partial charge >= 0.3 is 0 Å². The zero-order chi connectivity index (χ0) is 19.5. The van der Waals surface area contributed by atoms with Crippen LogP contribution in [0, 0.1) is 0 Å². The lowest BCUT2D eigenvalue weighted by Gasteiger charge is -2.14. The summed E-state index contributed by atoms with van der Waals surface area (Å²) in [4.78, 5) is 4.65. The molecule has 0 bridgehead atoms. The molecule has 2 aromatic rings. The Morgan fingerprint density at radius 3 is 2.39 bits per heavy atom. The number of guanidine groups is 1. The van der Waals surface area contributed by atoms with Gasteiger partial charge in [0.2, 0.25) is 0 Å². The highest BCUT2D eigenvalue weighted by atomic mass is 127. The highest BCUT2D eigenvalue weighted by Gasteiger charge is 2.11. The van der Waals surface area contributed by atoms with Gasteiger partial charge in [-0.3, -0.25) is 4.68 Å². The second-order valence-electron chi connectivity index (χ2n) is 5.76. The van der Waals surface area contributed by atoms with Crippen LogP contribution in [0.3, 0.4) is 0 Å². The minimum atomic E-state index is 0. The number of ether oxygens (including phenoxy) is 3. The van der Waals surface area contributed by atoms with Crippen molar-refractivity contribution >= 4 is 29.9 Å². The average molecular weight is 503 g/mol. The van der Waals surface area contributed by atoms with Crippen LogP contribution in [0.1, 0.15) is 18.9 Å². The number of rotatable bonds is 10. The van der Waals surface area contributed by atoms with Crippen LogP contribution < -0.4 is 24.8 Å². The molecule has 2 rings (SSSR count). The lowest BCUT2D eigenvalue weighted by Crippen LogP contribution is -2.38. The van der Waals surface area contributed by atoms with Gasteiger partial charge in [-0.05, 0) is 25.5 Å². The van der Waals surface area contributed by atoms with Gasteiger partial charge in [0.1, 0.15) is 5.75 Å². The van der Waals surface area contributed by atoms with Gasteiger partial charge in [-0.25, -0.2) is 4.99 Å². The first-order valence-electron chi connectivity index (χ1n) is 9.00. The van der Waals surface area contributed by atoms with Crippen molar-refractivity contribution in [1.82, 2.24) is 20.4 Å². The second kappa shape index (κ2) is 13.1. The summed E-state index contributed by atoms with van der Waals surface area (Å²) in [6, 6.07) is 5.63. The number of hydrogen-bond acceptors (Lipinski definition) is 5. The molecule has 0 spiro atoms. The van der Waals surface area contributed by atoms with Crippen molar-refractivity contribution in [2.45, 2.75) is 26.4 Å². The van der Waals surface area contributed by atoms with Crippen molar-refractivity contribution in [1.29, 1.82) is 0 Å². The summed E-state index contributed by atoms with van der Waals surface area (Å²) in [6.07, 6.45) is 4.70. The fraction of sp³-hybridized carbons (Fsp3) is 0.474. The van der Waals surface area contributed by atoms with Crippen molar-refractivity contribution < 1.29 is 14.2 Å². The molecule has 0 amide bonds. The molecule has 0 saturated carbocycles. The molecule has 0 aliphatic heterocycles. The van der Waals surface area contributed by atoms with Crippen LogP contribution in [-0.4, -0.2) is 50.2 Å². The third-order valence-electron chi connectivity index (χ3n) is 3.95. The van der Waals surface area contributed by atoms with Gasteiger partial charge in [0.15, 0.2) is 17.5 Å². The van der Waals surface area contributed by atoms with E-state index >= 15 is 0 Å². The quantitative estimate of drug-likeness (QED) is 0.225. The molecule has 28 heavy (non-hydrogen) atoms. The predicted molar refractivity (Wildman–Crippen MR) is 121 cm³/mol. The topological polar surface area (TPSA) is 81.9 Å². The van der Waals surface area contributed by atoms with Gasteiger partial charge in [0.05, 0.1) is 27.9 Å². The fourth-order valence-corrected chi connectivity index (χ4v) is 2.60. The zero-order valence-electron chi connectivity index (χ0n) is 16.9. The molecule has 0 unspecified atom stereocenters. The molecule has 0 aliphatic carbocycles. The van der Waals surface area contributed by atoms with Crippen LogP contribution in [0.15, 0.2) is 35.6 Å². The molecule has 0 aliphatic rings. The maximum Gasteiger partial charge on any atom is 0.191 e. The Morgan fingerprint density at radius 2 is 1.79 bits per heavy atom. The summed E-state index contributed by atoms with van der Waals surface area (Å²) >= 11 is 0. The number of nitrogens with zero attached hydrogens (tertiary/aromatic N) is 3. The predicted octanol–water partition coefficient (Wildman–Crippen LogP) is 2.67. The van der Waals surface area contributed by atoms with E-state index in [1.165, 1.54) is 0 Å². The molecule has 156 valence electrons. The van der Waals surface area contributed by atoms with Crippen LogP contribution in [0.4, 0.5) is 0 Å². The zero-order valence-corrected chi connectivity index (χ0v) is 19.2. The first kappa shape index (κ1) is 23.9. The monoisotopic (exact) mass is 503 g/mol. The number of aryl methyl sites for hydroxylation is 1. The maximum absolute atomic E-state index is 5.46. The number of hydrogen-bond donors (Lipinski definition) is 2. The van der Waals surface area contributed by atoms with Gasteiger partial charge in [-0.15, -0.1) is 24.0 Å². The molecule has 0 saturated heterocycles. The standard InChI is InChI=1S/C19H29N5O3.HI/c1-5-20-19(21-8-6-10-24-11-7-9-23-24)22-14-15-12-17(26-3)18(27-4)13-16(15)25-2;/h7,9,11-13H,5-6,8,10,14H2,1-4H3,(H2,20,21,22);1H. The number of methoxy groups -OCH3 is 3. The largest absolute Gasteiger partial charge is 0.496 e. The Labute approximate surface area is 183 Å². The summed E-state index contributed by atoms with van der Waals surface area (Å²) < 4.78 is 18.1. The van der Waals surface area contributed by atoms with Crippen LogP contribution in [0.5, 0.6) is 17.2 Å². The molecule has 1 aromatic carbocycles. The lowest BCUT2D eigenvalue weighted by molar-refractivity contribution is 0.347. The SMILES string of the molecule is CCNC(=NCc1cc(OC)c(OC)cc1OC)NCCCn1cccn1.I. The molecule has 1 aromatic heterocycles. The Balaban J connectivity index is 0.00000392. The number of nitrogens with one attached hydrogen (secondary N) is 2.